The topological polar surface area (TPSA) is 20.3 Å². The first-order valence-corrected chi connectivity index (χ1v) is 9.60. The van der Waals surface area contributed by atoms with Crippen LogP contribution in [0.1, 0.15) is 39.4 Å². The van der Waals surface area contributed by atoms with Crippen molar-refractivity contribution in [1.29, 1.82) is 0 Å². The first-order valence-electron chi connectivity index (χ1n) is 8.84. The summed E-state index contributed by atoms with van der Waals surface area (Å²) in [5, 5.41) is 0.589. The van der Waals surface area contributed by atoms with Crippen LogP contribution in [0.15, 0.2) is 49.1 Å². The Morgan fingerprint density at radius 2 is 1.55 bits per heavy atom. The quantitative estimate of drug-likeness (QED) is 0.308. The van der Waals surface area contributed by atoms with Gasteiger partial charge in [0.15, 0.2) is 0 Å². The Bertz CT molecular complexity index is 939. The van der Waals surface area contributed by atoms with E-state index in [1.54, 1.807) is 24.3 Å². The molecule has 2 aromatic carbocycles. The highest BCUT2D eigenvalue weighted by atomic mass is 35.5. The molecule has 0 unspecified atom stereocenters. The van der Waals surface area contributed by atoms with Crippen LogP contribution < -0.4 is 0 Å². The number of amides is 1. The molecular formula is C21H17Cl2F6NO. The Morgan fingerprint density at radius 1 is 1.00 bits per heavy atom. The van der Waals surface area contributed by atoms with Crippen molar-refractivity contribution in [3.8, 4) is 0 Å². The molecule has 0 aliphatic rings. The highest BCUT2D eigenvalue weighted by Gasteiger charge is 2.37. The number of likely N-dealkylation sites (N-methyl/N-ethyl adjacent to an activating group) is 1. The zero-order valence-corrected chi connectivity index (χ0v) is 17.6. The largest absolute Gasteiger partial charge is 0.416 e. The Hall–Kier alpha value is -2.19. The van der Waals surface area contributed by atoms with Crippen LogP contribution in [0.2, 0.25) is 10.0 Å². The van der Waals surface area contributed by atoms with Crippen LogP contribution in [0.4, 0.5) is 26.3 Å². The maximum Gasteiger partial charge on any atom is 0.416 e. The van der Waals surface area contributed by atoms with Gasteiger partial charge in [-0.15, -0.1) is 6.58 Å². The molecule has 2 rings (SSSR count). The van der Waals surface area contributed by atoms with Crippen molar-refractivity contribution in [1.82, 2.24) is 4.90 Å². The Labute approximate surface area is 185 Å². The van der Waals surface area contributed by atoms with Crippen molar-refractivity contribution in [2.75, 3.05) is 13.6 Å². The van der Waals surface area contributed by atoms with Crippen LogP contribution in [-0.4, -0.2) is 24.4 Å². The van der Waals surface area contributed by atoms with Gasteiger partial charge in [0.2, 0.25) is 0 Å². The predicted octanol–water partition coefficient (Wildman–Crippen LogP) is 7.46. The van der Waals surface area contributed by atoms with Crippen LogP contribution in [0, 0.1) is 0 Å². The molecule has 168 valence electrons. The number of carbonyl (C=O) groups excluding carboxylic acids is 1. The van der Waals surface area contributed by atoms with Gasteiger partial charge in [-0.3, -0.25) is 4.79 Å². The third-order valence-corrected chi connectivity index (χ3v) is 5.28. The first-order chi connectivity index (χ1) is 14.2. The second-order valence-electron chi connectivity index (χ2n) is 6.88. The highest BCUT2D eigenvalue weighted by molar-refractivity contribution is 6.42. The van der Waals surface area contributed by atoms with Crippen LogP contribution >= 0.6 is 23.2 Å². The van der Waals surface area contributed by atoms with Gasteiger partial charge in [-0.2, -0.15) is 26.3 Å². The Kier molecular flexibility index (Phi) is 7.70. The highest BCUT2D eigenvalue weighted by Crippen LogP contribution is 2.37. The van der Waals surface area contributed by atoms with Gasteiger partial charge < -0.3 is 4.90 Å². The molecule has 1 atom stereocenters. The first kappa shape index (κ1) is 25.1. The average Bonchev–Trinajstić information content (AvgIpc) is 2.67. The number of benzene rings is 2. The number of allylic oxidation sites excluding steroid dienone is 1. The third kappa shape index (κ3) is 6.40. The lowest BCUT2D eigenvalue weighted by molar-refractivity contribution is -0.143. The predicted molar refractivity (Wildman–Crippen MR) is 107 cm³/mol. The number of nitrogens with zero attached hydrogens (tertiary/aromatic N) is 1. The summed E-state index contributed by atoms with van der Waals surface area (Å²) in [4.78, 5) is 13.8. The van der Waals surface area contributed by atoms with Crippen molar-refractivity contribution in [2.24, 2.45) is 0 Å². The van der Waals surface area contributed by atoms with Crippen LogP contribution in [0.5, 0.6) is 0 Å². The molecule has 0 aliphatic carbocycles. The van der Waals surface area contributed by atoms with E-state index < -0.39 is 35.0 Å². The lowest BCUT2D eigenvalue weighted by Gasteiger charge is -2.25. The summed E-state index contributed by atoms with van der Waals surface area (Å²) in [6.45, 7) is 3.64. The minimum Gasteiger partial charge on any atom is -0.341 e. The van der Waals surface area contributed by atoms with Gasteiger partial charge >= 0.3 is 12.4 Å². The number of halogens is 8. The lowest BCUT2D eigenvalue weighted by Crippen LogP contribution is -2.31. The van der Waals surface area contributed by atoms with Crippen molar-refractivity contribution in [2.45, 2.75) is 24.7 Å². The van der Waals surface area contributed by atoms with Gasteiger partial charge in [0.25, 0.3) is 5.91 Å². The van der Waals surface area contributed by atoms with Gasteiger partial charge in [0, 0.05) is 25.1 Å². The summed E-state index contributed by atoms with van der Waals surface area (Å²) in [7, 11) is 1.30. The molecule has 0 fully saturated rings. The van der Waals surface area contributed by atoms with Crippen LogP contribution in [0.25, 0.3) is 0 Å². The second kappa shape index (κ2) is 9.53. The monoisotopic (exact) mass is 483 g/mol. The van der Waals surface area contributed by atoms with Gasteiger partial charge in [0.05, 0.1) is 21.2 Å². The molecule has 0 N–H and O–H groups in total. The van der Waals surface area contributed by atoms with Crippen LogP contribution in [0.3, 0.4) is 0 Å². The molecule has 0 saturated heterocycles. The minimum atomic E-state index is -5.04. The standard InChI is InChI=1S/C21H17Cl2F6NO/c1-3-4-13(12-5-6-17(22)18(23)9-12)11-30(2)19(31)14-7-15(20(24,25)26)10-16(8-14)21(27,28)29/h3,5-10,13H,1,4,11H2,2H3/t13-/m1/s1. The van der Waals surface area contributed by atoms with E-state index in [0.29, 0.717) is 29.1 Å². The molecule has 2 nitrogen and oxygen atoms in total. The fourth-order valence-electron chi connectivity index (χ4n) is 3.00. The maximum atomic E-state index is 13.1. The van der Waals surface area contributed by atoms with Gasteiger partial charge in [-0.1, -0.05) is 35.3 Å². The summed E-state index contributed by atoms with van der Waals surface area (Å²) in [6.07, 6.45) is -8.12. The third-order valence-electron chi connectivity index (χ3n) is 4.54. The molecule has 0 radical (unpaired) electrons. The van der Waals surface area contributed by atoms with Crippen molar-refractivity contribution < 1.29 is 31.1 Å². The molecule has 0 saturated carbocycles. The van der Waals surface area contributed by atoms with Crippen LogP contribution in [-0.2, 0) is 12.4 Å². The number of rotatable bonds is 6. The molecule has 0 bridgehead atoms. The molecule has 31 heavy (non-hydrogen) atoms. The van der Waals surface area contributed by atoms with Crippen molar-refractivity contribution in [3.05, 3.63) is 81.4 Å². The van der Waals surface area contributed by atoms with Gasteiger partial charge in [0.1, 0.15) is 0 Å². The lowest BCUT2D eigenvalue weighted by atomic mass is 9.94. The number of carbonyl (C=O) groups is 1. The number of hydrogen-bond donors (Lipinski definition) is 0. The van der Waals surface area contributed by atoms with E-state index in [9.17, 15) is 31.1 Å². The summed E-state index contributed by atoms with van der Waals surface area (Å²) in [6, 6.07) is 5.62. The molecule has 0 aliphatic heterocycles. The number of hydrogen-bond acceptors (Lipinski definition) is 1. The van der Waals surface area contributed by atoms with E-state index in [0.717, 1.165) is 4.90 Å². The zero-order chi connectivity index (χ0) is 23.6. The Balaban J connectivity index is 2.38. The van der Waals surface area contributed by atoms with E-state index in [-0.39, 0.29) is 23.6 Å². The van der Waals surface area contributed by atoms with E-state index in [4.69, 9.17) is 23.2 Å². The van der Waals surface area contributed by atoms with Gasteiger partial charge in [-0.05, 0) is 42.3 Å². The Morgan fingerprint density at radius 3 is 2.00 bits per heavy atom. The molecule has 10 heteroatoms. The average molecular weight is 484 g/mol. The van der Waals surface area contributed by atoms with E-state index in [1.165, 1.54) is 7.05 Å². The SMILES string of the molecule is C=CC[C@H](CN(C)C(=O)c1cc(C(F)(F)F)cc(C(F)(F)F)c1)c1ccc(Cl)c(Cl)c1. The molecular weight excluding hydrogens is 467 g/mol. The molecule has 2 aromatic rings. The normalized spacial score (nSPS) is 13.1. The molecule has 1 amide bonds. The second-order valence-corrected chi connectivity index (χ2v) is 7.69. The summed E-state index contributed by atoms with van der Waals surface area (Å²) in [5.74, 6) is -1.33. The number of alkyl halides is 6. The maximum absolute atomic E-state index is 13.1. The van der Waals surface area contributed by atoms with E-state index >= 15 is 0 Å². The summed E-state index contributed by atoms with van der Waals surface area (Å²) < 4.78 is 78.5. The fraction of sp³-hybridized carbons (Fsp3) is 0.286. The van der Waals surface area contributed by atoms with Crippen molar-refractivity contribution in [3.63, 3.8) is 0 Å². The summed E-state index contributed by atoms with van der Waals surface area (Å²) in [5.41, 5.74) is -3.12. The smallest absolute Gasteiger partial charge is 0.341 e. The minimum absolute atomic E-state index is 0.000408. The van der Waals surface area contributed by atoms with Gasteiger partial charge in [-0.25, -0.2) is 0 Å². The fourth-order valence-corrected chi connectivity index (χ4v) is 3.30. The molecule has 0 spiro atoms. The van der Waals surface area contributed by atoms with Crippen molar-refractivity contribution >= 4 is 29.1 Å². The molecule has 0 heterocycles. The van der Waals surface area contributed by atoms with E-state index in [1.807, 2.05) is 0 Å². The van der Waals surface area contributed by atoms with E-state index in [2.05, 4.69) is 6.58 Å². The molecule has 0 aromatic heterocycles. The summed E-state index contributed by atoms with van der Waals surface area (Å²) >= 11 is 11.9. The zero-order valence-electron chi connectivity index (χ0n) is 16.1.